The first-order valence-corrected chi connectivity index (χ1v) is 13.6. The Kier molecular flexibility index (Phi) is 6.65. The number of aromatic nitrogens is 4. The molecule has 2 aromatic carbocycles. The van der Waals surface area contributed by atoms with Crippen LogP contribution in [0, 0.1) is 16.3 Å². The van der Waals surface area contributed by atoms with Gasteiger partial charge in [-0.15, -0.1) is 0 Å². The smallest absolute Gasteiger partial charge is 0.408 e. The summed E-state index contributed by atoms with van der Waals surface area (Å²) in [7, 11) is 0. The zero-order valence-electron chi connectivity index (χ0n) is 19.5. The van der Waals surface area contributed by atoms with E-state index < -0.39 is 23.4 Å². The molecule has 37 heavy (non-hydrogen) atoms. The molecule has 0 aliphatic heterocycles. The fraction of sp³-hybridized carbons (Fsp3) is 0.120. The molecule has 0 saturated heterocycles. The summed E-state index contributed by atoms with van der Waals surface area (Å²) in [5, 5.41) is 9.39. The van der Waals surface area contributed by atoms with E-state index in [4.69, 9.17) is 4.42 Å². The van der Waals surface area contributed by atoms with E-state index >= 15 is 0 Å². The largest absolute Gasteiger partial charge is 0.417 e. The van der Waals surface area contributed by atoms with E-state index in [-0.39, 0.29) is 50.9 Å². The summed E-state index contributed by atoms with van der Waals surface area (Å²) in [6, 6.07) is 12.2. The molecule has 0 spiro atoms. The number of aryl methyl sites for hydroxylation is 1. The lowest BCUT2D eigenvalue weighted by molar-refractivity contribution is 0.0942. The number of nitrogens with zero attached hydrogens (tertiary/aromatic N) is 3. The molecule has 10 nitrogen and oxygen atoms in total. The van der Waals surface area contributed by atoms with E-state index in [0.717, 1.165) is 21.8 Å². The summed E-state index contributed by atoms with van der Waals surface area (Å²) in [5.74, 6) is -2.49. The molecule has 2 amide bonds. The summed E-state index contributed by atoms with van der Waals surface area (Å²) in [5.41, 5.74) is 3.18. The fourth-order valence-corrected chi connectivity index (χ4v) is 5.03. The maximum atomic E-state index is 14.4. The van der Waals surface area contributed by atoms with Gasteiger partial charge in [0, 0.05) is 22.7 Å². The maximum Gasteiger partial charge on any atom is 0.417 e. The summed E-state index contributed by atoms with van der Waals surface area (Å²) in [6.45, 7) is 2.34. The molecular formula is C25H20FIN6O4. The Hall–Kier alpha value is -4.20. The first-order valence-electron chi connectivity index (χ1n) is 11.0. The van der Waals surface area contributed by atoms with Gasteiger partial charge in [-0.25, -0.2) is 18.7 Å². The molecule has 0 saturated carbocycles. The van der Waals surface area contributed by atoms with E-state index in [9.17, 15) is 18.8 Å². The third-order valence-corrected chi connectivity index (χ3v) is 7.68. The number of oxazole rings is 1. The van der Waals surface area contributed by atoms with Crippen LogP contribution in [0.1, 0.15) is 37.7 Å². The van der Waals surface area contributed by atoms with Gasteiger partial charge in [0.25, 0.3) is 11.8 Å². The van der Waals surface area contributed by atoms with Gasteiger partial charge in [-0.1, -0.05) is 43.4 Å². The number of benzene rings is 2. The van der Waals surface area contributed by atoms with Crippen molar-refractivity contribution in [1.82, 2.24) is 30.2 Å². The summed E-state index contributed by atoms with van der Waals surface area (Å²) >= 11 is -0.286. The van der Waals surface area contributed by atoms with Crippen molar-refractivity contribution in [3.05, 3.63) is 96.7 Å². The van der Waals surface area contributed by atoms with E-state index in [1.165, 1.54) is 9.64 Å². The van der Waals surface area contributed by atoms with E-state index in [1.807, 2.05) is 25.1 Å². The van der Waals surface area contributed by atoms with Crippen LogP contribution in [0.25, 0.3) is 16.7 Å². The molecule has 0 aliphatic carbocycles. The van der Waals surface area contributed by atoms with E-state index in [0.29, 0.717) is 16.7 Å². The number of carbonyl (C=O) groups is 2. The van der Waals surface area contributed by atoms with Gasteiger partial charge >= 0.3 is 5.76 Å². The molecule has 0 unspecified atom stereocenters. The second-order valence-electron chi connectivity index (χ2n) is 8.18. The fourth-order valence-electron chi connectivity index (χ4n) is 3.84. The van der Waals surface area contributed by atoms with Crippen LogP contribution >= 0.6 is 20.7 Å². The van der Waals surface area contributed by atoms with Crippen LogP contribution in [0.4, 0.5) is 4.39 Å². The Morgan fingerprint density at radius 2 is 1.84 bits per heavy atom. The lowest BCUT2D eigenvalue weighted by Crippen LogP contribution is -2.28. The number of rotatable bonds is 7. The molecule has 5 aromatic rings. The van der Waals surface area contributed by atoms with Gasteiger partial charge in [0.15, 0.2) is 17.0 Å². The minimum absolute atomic E-state index is 0.0339. The second kappa shape index (κ2) is 10.0. The molecule has 5 rings (SSSR count). The number of nitrogens with one attached hydrogen (secondary N) is 3. The van der Waals surface area contributed by atoms with Gasteiger partial charge in [0.2, 0.25) is 0 Å². The average molecular weight is 614 g/mol. The maximum absolute atomic E-state index is 14.4. The van der Waals surface area contributed by atoms with E-state index in [1.54, 1.807) is 18.2 Å². The van der Waals surface area contributed by atoms with Crippen LogP contribution in [0.2, 0.25) is 0 Å². The van der Waals surface area contributed by atoms with Gasteiger partial charge < -0.3 is 15.1 Å². The Bertz CT molecular complexity index is 1760. The topological polar surface area (TPSA) is 134 Å². The molecule has 0 aliphatic rings. The van der Waals surface area contributed by atoms with Crippen molar-refractivity contribution in [3.63, 3.8) is 0 Å². The summed E-state index contributed by atoms with van der Waals surface area (Å²) < 4.78 is 25.6. The first-order chi connectivity index (χ1) is 17.8. The van der Waals surface area contributed by atoms with Crippen LogP contribution in [0.5, 0.6) is 0 Å². The van der Waals surface area contributed by atoms with Crippen molar-refractivity contribution in [2.45, 2.75) is 20.0 Å². The van der Waals surface area contributed by atoms with Gasteiger partial charge in [0.1, 0.15) is 11.4 Å². The normalized spacial score (nSPS) is 11.2. The minimum Gasteiger partial charge on any atom is -0.408 e. The zero-order valence-corrected chi connectivity index (χ0v) is 21.6. The van der Waals surface area contributed by atoms with Gasteiger partial charge in [-0.3, -0.25) is 14.6 Å². The number of carbonyl (C=O) groups excluding carboxylic acids is 2. The highest BCUT2D eigenvalue weighted by atomic mass is 127. The molecule has 3 N–H and O–H groups in total. The third kappa shape index (κ3) is 5.05. The summed E-state index contributed by atoms with van der Waals surface area (Å²) in [4.78, 5) is 43.9. The molecule has 0 bridgehead atoms. The molecule has 3 aromatic heterocycles. The molecule has 3 heterocycles. The molecule has 12 heteroatoms. The third-order valence-electron chi connectivity index (χ3n) is 5.65. The van der Waals surface area contributed by atoms with Gasteiger partial charge in [-0.05, 0) is 41.8 Å². The Labute approximate surface area is 218 Å². The quantitative estimate of drug-likeness (QED) is 0.242. The lowest BCUT2D eigenvalue weighted by Gasteiger charge is -2.10. The predicted molar refractivity (Wildman–Crippen MR) is 143 cm³/mol. The second-order valence-corrected chi connectivity index (χ2v) is 10.1. The Morgan fingerprint density at radius 1 is 1.11 bits per heavy atom. The van der Waals surface area contributed by atoms with Gasteiger partial charge in [-0.2, -0.15) is 5.10 Å². The van der Waals surface area contributed by atoms with E-state index in [2.05, 4.69) is 30.2 Å². The van der Waals surface area contributed by atoms with Gasteiger partial charge in [0.05, 0.1) is 11.7 Å². The Morgan fingerprint density at radius 3 is 2.59 bits per heavy atom. The molecule has 188 valence electrons. The van der Waals surface area contributed by atoms with Crippen LogP contribution < -0.4 is 16.4 Å². The molecular weight excluding hydrogens is 594 g/mol. The van der Waals surface area contributed by atoms with Crippen molar-refractivity contribution >= 4 is 53.8 Å². The number of hydrogen-bond acceptors (Lipinski definition) is 6. The number of halogens is 2. The molecule has 0 atom stereocenters. The number of aromatic amines is 1. The number of fused-ring (bicyclic) bond motifs is 2. The highest BCUT2D eigenvalue weighted by Crippen LogP contribution is 2.17. The predicted octanol–water partition coefficient (Wildman–Crippen LogP) is 3.04. The van der Waals surface area contributed by atoms with Crippen molar-refractivity contribution in [2.75, 3.05) is 0 Å². The van der Waals surface area contributed by atoms with Crippen molar-refractivity contribution in [2.24, 2.45) is 0 Å². The summed E-state index contributed by atoms with van der Waals surface area (Å²) in [6.07, 6.45) is 0.936. The molecule has 0 fully saturated rings. The van der Waals surface area contributed by atoms with Crippen molar-refractivity contribution < 1.29 is 18.4 Å². The average Bonchev–Trinajstić information content (AvgIpc) is 3.46. The Balaban J connectivity index is 1.36. The van der Waals surface area contributed by atoms with Crippen LogP contribution in [0.15, 0.2) is 57.9 Å². The number of hydrogen-bond donors (Lipinski definition) is 3. The van der Waals surface area contributed by atoms with Crippen LogP contribution in [0.3, 0.4) is 0 Å². The minimum atomic E-state index is -0.763. The van der Waals surface area contributed by atoms with Crippen molar-refractivity contribution in [3.8, 4) is 0 Å². The zero-order chi connectivity index (χ0) is 26.1. The highest BCUT2D eigenvalue weighted by Gasteiger charge is 2.20. The van der Waals surface area contributed by atoms with Crippen LogP contribution in [-0.4, -0.2) is 35.9 Å². The standard InChI is InChI=1S/C25H20FIN6O4/c1-13-7-14(3-5-17(13)27-2)10-29-24(35)20-9-19(31-22-16(26)12-30-33(20)22)23(34)28-11-15-4-6-21-18(8-15)32-25(36)37-21/h3-9,12H,2,10-11H2,1H3,(H,28,34)(H,29,35)(H,32,36). The first kappa shape index (κ1) is 24.5. The number of H-pyrrole nitrogens is 1. The SMILES string of the molecule is C=Ic1ccc(CNC(=O)c2cc(C(=O)NCc3ccc4oc(=O)[nH]c4c3)nc3c(F)cnn23)cc1C. The number of amides is 2. The monoisotopic (exact) mass is 614 g/mol. The highest BCUT2D eigenvalue weighted by molar-refractivity contribution is 14.2. The van der Waals surface area contributed by atoms with Crippen LogP contribution in [-0.2, 0) is 13.1 Å². The van der Waals surface area contributed by atoms with Crippen molar-refractivity contribution in [1.29, 1.82) is 0 Å². The molecule has 0 radical (unpaired) electrons. The lowest BCUT2D eigenvalue weighted by atomic mass is 10.1.